The van der Waals surface area contributed by atoms with Gasteiger partial charge >= 0.3 is 0 Å². The maximum atomic E-state index is 11.6. The van der Waals surface area contributed by atoms with Crippen molar-refractivity contribution in [3.63, 3.8) is 0 Å². The molecule has 1 amide bonds. The van der Waals surface area contributed by atoms with Crippen molar-refractivity contribution in [3.8, 4) is 12.3 Å². The Morgan fingerprint density at radius 2 is 2.43 bits per heavy atom. The normalized spacial score (nSPS) is 11.9. The number of rotatable bonds is 2. The Balaban J connectivity index is 2.81. The fraction of sp³-hybridized carbons (Fsp3) is 0.300. The molecule has 0 fully saturated rings. The first-order valence-electron chi connectivity index (χ1n) is 4.06. The summed E-state index contributed by atoms with van der Waals surface area (Å²) in [5.74, 6) is 2.21. The molecular formula is C10H10ClNOS. The number of halogens is 1. The minimum absolute atomic E-state index is 0.210. The van der Waals surface area contributed by atoms with Crippen LogP contribution in [0.25, 0.3) is 0 Å². The second-order valence-electron chi connectivity index (χ2n) is 2.92. The van der Waals surface area contributed by atoms with E-state index in [9.17, 15) is 4.79 Å². The van der Waals surface area contributed by atoms with E-state index in [1.165, 1.54) is 11.3 Å². The number of terminal acetylenes is 1. The summed E-state index contributed by atoms with van der Waals surface area (Å²) >= 11 is 7.25. The fourth-order valence-electron chi connectivity index (χ4n) is 0.887. The minimum atomic E-state index is -0.277. The molecule has 4 heteroatoms. The van der Waals surface area contributed by atoms with Crippen LogP contribution >= 0.6 is 22.9 Å². The van der Waals surface area contributed by atoms with Crippen LogP contribution in [-0.2, 0) is 0 Å². The Kier molecular flexibility index (Phi) is 3.56. The highest BCUT2D eigenvalue weighted by Gasteiger charge is 2.15. The van der Waals surface area contributed by atoms with E-state index in [0.29, 0.717) is 9.90 Å². The number of carbonyl (C=O) groups excluding carboxylic acids is 1. The molecule has 1 aromatic rings. The van der Waals surface area contributed by atoms with Crippen LogP contribution in [0.15, 0.2) is 5.38 Å². The van der Waals surface area contributed by atoms with Crippen LogP contribution in [0.2, 0.25) is 5.02 Å². The Hall–Kier alpha value is -0.980. The summed E-state index contributed by atoms with van der Waals surface area (Å²) in [6.07, 6.45) is 5.15. The van der Waals surface area contributed by atoms with Gasteiger partial charge in [-0.2, -0.15) is 0 Å². The zero-order valence-corrected chi connectivity index (χ0v) is 9.50. The van der Waals surface area contributed by atoms with Gasteiger partial charge in [0.1, 0.15) is 4.88 Å². The van der Waals surface area contributed by atoms with Crippen LogP contribution in [0, 0.1) is 19.3 Å². The van der Waals surface area contributed by atoms with Gasteiger partial charge in [-0.05, 0) is 24.8 Å². The molecule has 0 bridgehead atoms. The SMILES string of the molecule is C#CC(C)NC(=O)c1scc(C)c1Cl. The maximum Gasteiger partial charge on any atom is 0.263 e. The highest BCUT2D eigenvalue weighted by atomic mass is 35.5. The van der Waals surface area contributed by atoms with E-state index < -0.39 is 0 Å². The first-order valence-corrected chi connectivity index (χ1v) is 5.32. The van der Waals surface area contributed by atoms with Crippen molar-refractivity contribution in [2.24, 2.45) is 0 Å². The molecule has 0 aliphatic heterocycles. The van der Waals surface area contributed by atoms with Crippen molar-refractivity contribution < 1.29 is 4.79 Å². The Morgan fingerprint density at radius 1 is 1.79 bits per heavy atom. The van der Waals surface area contributed by atoms with Crippen LogP contribution < -0.4 is 5.32 Å². The number of aryl methyl sites for hydroxylation is 1. The minimum Gasteiger partial charge on any atom is -0.338 e. The molecule has 0 spiro atoms. The first kappa shape index (κ1) is 11.1. The summed E-state index contributed by atoms with van der Waals surface area (Å²) in [5.41, 5.74) is 0.912. The number of amides is 1. The lowest BCUT2D eigenvalue weighted by atomic mass is 10.3. The second kappa shape index (κ2) is 4.50. The second-order valence-corrected chi connectivity index (χ2v) is 4.18. The van der Waals surface area contributed by atoms with Crippen LogP contribution in [0.5, 0.6) is 0 Å². The zero-order valence-electron chi connectivity index (χ0n) is 7.93. The van der Waals surface area contributed by atoms with Gasteiger partial charge in [-0.1, -0.05) is 17.5 Å². The standard InChI is InChI=1S/C10H10ClNOS/c1-4-7(3)12-10(13)9-8(11)6(2)5-14-9/h1,5,7H,2-3H3,(H,12,13). The van der Waals surface area contributed by atoms with Crippen molar-refractivity contribution in [1.82, 2.24) is 5.32 Å². The average molecular weight is 228 g/mol. The third-order valence-corrected chi connectivity index (χ3v) is 3.40. The topological polar surface area (TPSA) is 29.1 Å². The van der Waals surface area contributed by atoms with Crippen molar-refractivity contribution in [1.29, 1.82) is 0 Å². The van der Waals surface area contributed by atoms with Gasteiger partial charge in [-0.15, -0.1) is 17.8 Å². The predicted octanol–water partition coefficient (Wildman–Crippen LogP) is 2.46. The number of carbonyl (C=O) groups is 1. The molecule has 74 valence electrons. The third kappa shape index (κ3) is 2.28. The van der Waals surface area contributed by atoms with Crippen molar-refractivity contribution in [3.05, 3.63) is 20.8 Å². The number of thiophene rings is 1. The quantitative estimate of drug-likeness (QED) is 0.773. The fourth-order valence-corrected chi connectivity index (χ4v) is 2.07. The average Bonchev–Trinajstić information content (AvgIpc) is 2.47. The van der Waals surface area contributed by atoms with E-state index in [1.54, 1.807) is 6.92 Å². The van der Waals surface area contributed by atoms with Gasteiger partial charge < -0.3 is 5.32 Å². The molecule has 0 aliphatic carbocycles. The monoisotopic (exact) mass is 227 g/mol. The van der Waals surface area contributed by atoms with E-state index in [1.807, 2.05) is 12.3 Å². The van der Waals surface area contributed by atoms with E-state index in [-0.39, 0.29) is 11.9 Å². The molecule has 0 aromatic carbocycles. The van der Waals surface area contributed by atoms with Crippen LogP contribution in [0.3, 0.4) is 0 Å². The maximum absolute atomic E-state index is 11.6. The highest BCUT2D eigenvalue weighted by Crippen LogP contribution is 2.26. The Morgan fingerprint density at radius 3 is 2.86 bits per heavy atom. The zero-order chi connectivity index (χ0) is 10.7. The lowest BCUT2D eigenvalue weighted by Gasteiger charge is -2.05. The largest absolute Gasteiger partial charge is 0.338 e. The number of hydrogen-bond donors (Lipinski definition) is 1. The van der Waals surface area contributed by atoms with Crippen molar-refractivity contribution in [2.45, 2.75) is 19.9 Å². The molecule has 0 saturated heterocycles. The van der Waals surface area contributed by atoms with Gasteiger partial charge in [0.05, 0.1) is 11.1 Å². The Bertz CT molecular complexity index is 391. The molecule has 1 rings (SSSR count). The van der Waals surface area contributed by atoms with E-state index in [0.717, 1.165) is 5.56 Å². The van der Waals surface area contributed by atoms with Crippen LogP contribution in [0.4, 0.5) is 0 Å². The molecule has 0 aliphatic rings. The summed E-state index contributed by atoms with van der Waals surface area (Å²) in [6.45, 7) is 3.60. The summed E-state index contributed by atoms with van der Waals surface area (Å²) in [6, 6.07) is -0.277. The molecule has 0 saturated carbocycles. The predicted molar refractivity (Wildman–Crippen MR) is 59.8 cm³/mol. The molecule has 1 aromatic heterocycles. The molecule has 0 radical (unpaired) electrons. The molecule has 1 unspecified atom stereocenters. The molecule has 14 heavy (non-hydrogen) atoms. The number of nitrogens with one attached hydrogen (secondary N) is 1. The highest BCUT2D eigenvalue weighted by molar-refractivity contribution is 7.13. The van der Waals surface area contributed by atoms with Crippen molar-refractivity contribution in [2.75, 3.05) is 0 Å². The smallest absolute Gasteiger partial charge is 0.263 e. The van der Waals surface area contributed by atoms with Gasteiger partial charge in [0.2, 0.25) is 0 Å². The van der Waals surface area contributed by atoms with Crippen molar-refractivity contribution >= 4 is 28.8 Å². The lowest BCUT2D eigenvalue weighted by molar-refractivity contribution is 0.0952. The summed E-state index contributed by atoms with van der Waals surface area (Å²) in [4.78, 5) is 12.1. The molecule has 1 heterocycles. The Labute approximate surface area is 92.3 Å². The van der Waals surface area contributed by atoms with Gasteiger partial charge in [-0.3, -0.25) is 4.79 Å². The number of hydrogen-bond acceptors (Lipinski definition) is 2. The molecule has 1 N–H and O–H groups in total. The summed E-state index contributed by atoms with van der Waals surface area (Å²) in [7, 11) is 0. The molecular weight excluding hydrogens is 218 g/mol. The summed E-state index contributed by atoms with van der Waals surface area (Å²) in [5, 5.41) is 5.01. The first-order chi connectivity index (χ1) is 6.56. The third-order valence-electron chi connectivity index (χ3n) is 1.70. The van der Waals surface area contributed by atoms with Gasteiger partial charge in [0.25, 0.3) is 5.91 Å². The van der Waals surface area contributed by atoms with Crippen LogP contribution in [0.1, 0.15) is 22.2 Å². The summed E-state index contributed by atoms with van der Waals surface area (Å²) < 4.78 is 0. The molecule has 1 atom stereocenters. The van der Waals surface area contributed by atoms with E-state index in [4.69, 9.17) is 18.0 Å². The van der Waals surface area contributed by atoms with E-state index in [2.05, 4.69) is 11.2 Å². The van der Waals surface area contributed by atoms with Gasteiger partial charge in [-0.25, -0.2) is 0 Å². The van der Waals surface area contributed by atoms with Crippen LogP contribution in [-0.4, -0.2) is 11.9 Å². The molecule has 2 nitrogen and oxygen atoms in total. The lowest BCUT2D eigenvalue weighted by Crippen LogP contribution is -2.30. The van der Waals surface area contributed by atoms with Gasteiger partial charge in [0, 0.05) is 0 Å². The van der Waals surface area contributed by atoms with E-state index >= 15 is 0 Å². The van der Waals surface area contributed by atoms with Gasteiger partial charge in [0.15, 0.2) is 0 Å².